The molecule has 3 nitrogen and oxygen atoms in total. The van der Waals surface area contributed by atoms with E-state index in [2.05, 4.69) is 5.32 Å². The number of halogens is 3. The van der Waals surface area contributed by atoms with Crippen LogP contribution in [0.1, 0.15) is 6.42 Å². The fraction of sp³-hybridized carbons (Fsp3) is 1.00. The Labute approximate surface area is 74.2 Å². The number of alkyl halides is 3. The van der Waals surface area contributed by atoms with Crippen molar-refractivity contribution >= 4 is 0 Å². The molecule has 1 heterocycles. The van der Waals surface area contributed by atoms with Gasteiger partial charge in [-0.05, 0) is 6.42 Å². The molecule has 1 N–H and O–H groups in total. The van der Waals surface area contributed by atoms with Gasteiger partial charge in [0, 0.05) is 6.54 Å². The van der Waals surface area contributed by atoms with Crippen LogP contribution in [0, 0.1) is 0 Å². The maximum absolute atomic E-state index is 11.7. The van der Waals surface area contributed by atoms with Crippen LogP contribution in [0.3, 0.4) is 0 Å². The highest BCUT2D eigenvalue weighted by Gasteiger charge is 2.27. The van der Waals surface area contributed by atoms with Crippen molar-refractivity contribution in [1.29, 1.82) is 0 Å². The average Bonchev–Trinajstić information content (AvgIpc) is 2.04. The molecule has 1 rings (SSSR count). The Balaban J connectivity index is 2.04. The van der Waals surface area contributed by atoms with E-state index in [0.717, 1.165) is 6.42 Å². The number of nitrogens with one attached hydrogen (secondary N) is 1. The quantitative estimate of drug-likeness (QED) is 0.732. The van der Waals surface area contributed by atoms with E-state index < -0.39 is 19.0 Å². The van der Waals surface area contributed by atoms with Gasteiger partial charge in [0.1, 0.15) is 0 Å². The minimum atomic E-state index is -4.17. The third-order valence-corrected chi connectivity index (χ3v) is 1.53. The van der Waals surface area contributed by atoms with Gasteiger partial charge in [-0.15, -0.1) is 0 Å². The lowest BCUT2D eigenvalue weighted by Crippen LogP contribution is -2.39. The first-order valence-electron chi connectivity index (χ1n) is 4.08. The van der Waals surface area contributed by atoms with Crippen molar-refractivity contribution < 1.29 is 22.6 Å². The predicted octanol–water partition coefficient (Wildman–Crippen LogP) is 0.901. The molecule has 1 aliphatic heterocycles. The van der Waals surface area contributed by atoms with Gasteiger partial charge in [0.15, 0.2) is 6.29 Å². The first-order chi connectivity index (χ1) is 6.08. The minimum absolute atomic E-state index is 0.0828. The van der Waals surface area contributed by atoms with Crippen LogP contribution in [0.25, 0.3) is 0 Å². The molecule has 0 amide bonds. The molecule has 0 radical (unpaired) electrons. The van der Waals surface area contributed by atoms with Crippen molar-refractivity contribution in [2.45, 2.75) is 18.9 Å². The summed E-state index contributed by atoms with van der Waals surface area (Å²) in [5.74, 6) is 0. The second kappa shape index (κ2) is 4.78. The smallest absolute Gasteiger partial charge is 0.351 e. The van der Waals surface area contributed by atoms with Crippen molar-refractivity contribution in [2.75, 3.05) is 26.3 Å². The van der Waals surface area contributed by atoms with Crippen LogP contribution < -0.4 is 5.32 Å². The molecular weight excluding hydrogens is 187 g/mol. The minimum Gasteiger partial charge on any atom is -0.351 e. The number of ether oxygens (including phenoxy) is 2. The van der Waals surface area contributed by atoms with E-state index in [-0.39, 0.29) is 6.54 Å². The Hall–Kier alpha value is -0.330. The summed E-state index contributed by atoms with van der Waals surface area (Å²) < 4.78 is 45.1. The highest BCUT2D eigenvalue weighted by molar-refractivity contribution is 4.59. The predicted molar refractivity (Wildman–Crippen MR) is 39.2 cm³/mol. The lowest BCUT2D eigenvalue weighted by Gasteiger charge is -2.23. The second-order valence-corrected chi connectivity index (χ2v) is 2.77. The van der Waals surface area contributed by atoms with Gasteiger partial charge in [0.2, 0.25) is 0 Å². The van der Waals surface area contributed by atoms with Crippen LogP contribution in [-0.2, 0) is 9.47 Å². The third-order valence-electron chi connectivity index (χ3n) is 1.53. The van der Waals surface area contributed by atoms with Gasteiger partial charge in [0.05, 0.1) is 19.8 Å². The van der Waals surface area contributed by atoms with Gasteiger partial charge < -0.3 is 14.8 Å². The number of hydrogen-bond acceptors (Lipinski definition) is 3. The van der Waals surface area contributed by atoms with Crippen molar-refractivity contribution in [1.82, 2.24) is 5.32 Å². The lowest BCUT2D eigenvalue weighted by molar-refractivity contribution is -0.179. The molecule has 0 unspecified atom stereocenters. The van der Waals surface area contributed by atoms with Gasteiger partial charge in [-0.2, -0.15) is 13.2 Å². The molecule has 1 fully saturated rings. The third kappa shape index (κ3) is 5.07. The van der Waals surface area contributed by atoms with Crippen LogP contribution in [-0.4, -0.2) is 38.8 Å². The summed E-state index contributed by atoms with van der Waals surface area (Å²) in [7, 11) is 0. The monoisotopic (exact) mass is 199 g/mol. The summed E-state index contributed by atoms with van der Waals surface area (Å²) >= 11 is 0. The molecule has 1 saturated heterocycles. The highest BCUT2D eigenvalue weighted by Crippen LogP contribution is 2.12. The molecule has 0 atom stereocenters. The molecule has 0 spiro atoms. The SMILES string of the molecule is FC(F)(F)CNCC1OCCCO1. The summed E-state index contributed by atoms with van der Waals surface area (Å²) in [5.41, 5.74) is 0. The van der Waals surface area contributed by atoms with Crippen molar-refractivity contribution in [2.24, 2.45) is 0 Å². The molecule has 0 bridgehead atoms. The molecule has 1 aliphatic rings. The van der Waals surface area contributed by atoms with Crippen LogP contribution in [0.15, 0.2) is 0 Å². The summed E-state index contributed by atoms with van der Waals surface area (Å²) in [6, 6.07) is 0. The van der Waals surface area contributed by atoms with Gasteiger partial charge in [0.25, 0.3) is 0 Å². The molecule has 6 heteroatoms. The Morgan fingerprint density at radius 1 is 1.23 bits per heavy atom. The Kier molecular flexibility index (Phi) is 3.95. The van der Waals surface area contributed by atoms with Crippen molar-refractivity contribution in [3.05, 3.63) is 0 Å². The highest BCUT2D eigenvalue weighted by atomic mass is 19.4. The average molecular weight is 199 g/mol. The van der Waals surface area contributed by atoms with Crippen LogP contribution in [0.4, 0.5) is 13.2 Å². The molecular formula is C7H12F3NO2. The van der Waals surface area contributed by atoms with Gasteiger partial charge in [-0.3, -0.25) is 0 Å². The summed E-state index contributed by atoms with van der Waals surface area (Å²) in [6.45, 7) is 0.187. The first-order valence-corrected chi connectivity index (χ1v) is 4.08. The molecule has 78 valence electrons. The summed E-state index contributed by atoms with van der Waals surface area (Å²) in [4.78, 5) is 0. The topological polar surface area (TPSA) is 30.5 Å². The second-order valence-electron chi connectivity index (χ2n) is 2.77. The number of hydrogen-bond donors (Lipinski definition) is 1. The van der Waals surface area contributed by atoms with E-state index in [0.29, 0.717) is 13.2 Å². The zero-order chi connectivity index (χ0) is 9.73. The Bertz CT molecular complexity index is 145. The normalized spacial score (nSPS) is 20.5. The summed E-state index contributed by atoms with van der Waals surface area (Å²) in [5, 5.41) is 2.22. The van der Waals surface area contributed by atoms with Gasteiger partial charge in [-0.1, -0.05) is 0 Å². The molecule has 0 aromatic heterocycles. The van der Waals surface area contributed by atoms with E-state index in [4.69, 9.17) is 9.47 Å². The Morgan fingerprint density at radius 3 is 2.38 bits per heavy atom. The number of rotatable bonds is 3. The van der Waals surface area contributed by atoms with Crippen LogP contribution in [0.2, 0.25) is 0 Å². The first kappa shape index (κ1) is 10.7. The van der Waals surface area contributed by atoms with Crippen LogP contribution >= 0.6 is 0 Å². The molecule has 0 saturated carbocycles. The summed E-state index contributed by atoms with van der Waals surface area (Å²) in [6.07, 6.45) is -3.90. The maximum atomic E-state index is 11.7. The molecule has 0 aromatic carbocycles. The largest absolute Gasteiger partial charge is 0.401 e. The zero-order valence-electron chi connectivity index (χ0n) is 7.06. The van der Waals surface area contributed by atoms with Crippen molar-refractivity contribution in [3.63, 3.8) is 0 Å². The van der Waals surface area contributed by atoms with E-state index in [9.17, 15) is 13.2 Å². The molecule has 0 aliphatic carbocycles. The van der Waals surface area contributed by atoms with E-state index >= 15 is 0 Å². The molecule has 0 aromatic rings. The maximum Gasteiger partial charge on any atom is 0.401 e. The van der Waals surface area contributed by atoms with E-state index in [1.165, 1.54) is 0 Å². The lowest BCUT2D eigenvalue weighted by atomic mass is 10.4. The standard InChI is InChI=1S/C7H12F3NO2/c8-7(9,10)5-11-4-6-12-2-1-3-13-6/h6,11H,1-5H2. The van der Waals surface area contributed by atoms with E-state index in [1.54, 1.807) is 0 Å². The zero-order valence-corrected chi connectivity index (χ0v) is 7.06. The fourth-order valence-electron chi connectivity index (χ4n) is 0.986. The van der Waals surface area contributed by atoms with Gasteiger partial charge >= 0.3 is 6.18 Å². The van der Waals surface area contributed by atoms with Gasteiger partial charge in [-0.25, -0.2) is 0 Å². The van der Waals surface area contributed by atoms with Crippen molar-refractivity contribution in [3.8, 4) is 0 Å². The molecule has 13 heavy (non-hydrogen) atoms. The Morgan fingerprint density at radius 2 is 1.85 bits per heavy atom. The fourth-order valence-corrected chi connectivity index (χ4v) is 0.986. The van der Waals surface area contributed by atoms with Crippen LogP contribution in [0.5, 0.6) is 0 Å². The van der Waals surface area contributed by atoms with E-state index in [1.807, 2.05) is 0 Å².